The van der Waals surface area contributed by atoms with Crippen LogP contribution >= 0.6 is 23.2 Å². The van der Waals surface area contributed by atoms with Crippen molar-refractivity contribution in [2.75, 3.05) is 20.1 Å². The van der Waals surface area contributed by atoms with E-state index in [0.29, 0.717) is 28.0 Å². The summed E-state index contributed by atoms with van der Waals surface area (Å²) in [5.41, 5.74) is 6.08. The van der Waals surface area contributed by atoms with Crippen LogP contribution in [0.4, 0.5) is 5.69 Å². The monoisotopic (exact) mass is 262 g/mol. The van der Waals surface area contributed by atoms with Crippen molar-refractivity contribution < 1.29 is 9.47 Å². The van der Waals surface area contributed by atoms with Crippen LogP contribution in [0.5, 0.6) is 11.5 Å². The van der Waals surface area contributed by atoms with E-state index in [4.69, 9.17) is 38.4 Å². The van der Waals surface area contributed by atoms with Crippen LogP contribution in [-0.4, -0.2) is 25.9 Å². The summed E-state index contributed by atoms with van der Waals surface area (Å²) in [5.74, 6) is 1.46. The van der Waals surface area contributed by atoms with Crippen molar-refractivity contribution in [3.05, 3.63) is 17.2 Å². The smallest absolute Gasteiger partial charge is 0.146 e. The quantitative estimate of drug-likeness (QED) is 0.516. The van der Waals surface area contributed by atoms with Crippen molar-refractivity contribution in [3.8, 4) is 11.5 Å². The second kappa shape index (κ2) is 5.82. The maximum absolute atomic E-state index is 5.94. The number of ether oxygens (including phenoxy) is 2. The molecule has 0 bridgehead atoms. The first-order valence-corrected chi connectivity index (χ1v) is 5.34. The molecule has 1 aromatic carbocycles. The van der Waals surface area contributed by atoms with Crippen LogP contribution < -0.4 is 15.2 Å². The average Bonchev–Trinajstić information content (AvgIpc) is 2.30. The molecule has 0 saturated carbocycles. The van der Waals surface area contributed by atoms with E-state index in [1.165, 1.54) is 14.2 Å². The second-order valence-corrected chi connectivity index (χ2v) is 3.57. The molecule has 0 heterocycles. The van der Waals surface area contributed by atoms with Crippen LogP contribution in [0.15, 0.2) is 17.1 Å². The number of methoxy groups -OCH3 is 2. The lowest BCUT2D eigenvalue weighted by molar-refractivity contribution is 0.404. The second-order valence-electron chi connectivity index (χ2n) is 2.90. The van der Waals surface area contributed by atoms with Gasteiger partial charge >= 0.3 is 0 Å². The lowest BCUT2D eigenvalue weighted by Gasteiger charge is -2.09. The van der Waals surface area contributed by atoms with Gasteiger partial charge in [-0.25, -0.2) is 4.99 Å². The van der Waals surface area contributed by atoms with E-state index in [0.717, 1.165) is 0 Å². The molecule has 0 saturated heterocycles. The van der Waals surface area contributed by atoms with Gasteiger partial charge in [-0.2, -0.15) is 0 Å². The van der Waals surface area contributed by atoms with Gasteiger partial charge in [0.15, 0.2) is 0 Å². The minimum atomic E-state index is 0.147. The van der Waals surface area contributed by atoms with Gasteiger partial charge in [0.1, 0.15) is 23.0 Å². The number of nitrogens with two attached hydrogens (primary N) is 1. The number of benzene rings is 1. The number of aliphatic imine (C=N–C) groups is 1. The number of alkyl halides is 1. The van der Waals surface area contributed by atoms with Crippen LogP contribution in [0.2, 0.25) is 5.02 Å². The maximum atomic E-state index is 5.94. The minimum absolute atomic E-state index is 0.147. The highest BCUT2D eigenvalue weighted by Crippen LogP contribution is 2.37. The van der Waals surface area contributed by atoms with Gasteiger partial charge in [0, 0.05) is 12.1 Å². The molecule has 0 aliphatic carbocycles. The Hall–Kier alpha value is -1.13. The van der Waals surface area contributed by atoms with Gasteiger partial charge in [-0.1, -0.05) is 11.6 Å². The summed E-state index contributed by atoms with van der Waals surface area (Å²) in [6.45, 7) is 0. The zero-order valence-corrected chi connectivity index (χ0v) is 10.5. The first-order valence-electron chi connectivity index (χ1n) is 4.43. The Morgan fingerprint density at radius 2 is 1.94 bits per heavy atom. The minimum Gasteiger partial charge on any atom is -0.495 e. The third-order valence-electron chi connectivity index (χ3n) is 1.85. The van der Waals surface area contributed by atoms with Crippen LogP contribution in [0.3, 0.4) is 0 Å². The van der Waals surface area contributed by atoms with Crippen LogP contribution in [0, 0.1) is 0 Å². The Bertz CT molecular complexity index is 408. The molecule has 0 amide bonds. The average molecular weight is 263 g/mol. The molecule has 0 radical (unpaired) electrons. The molecule has 6 heteroatoms. The molecule has 0 aromatic heterocycles. The summed E-state index contributed by atoms with van der Waals surface area (Å²) in [6, 6.07) is 3.25. The number of halogens is 2. The molecule has 0 spiro atoms. The van der Waals surface area contributed by atoms with Crippen LogP contribution in [0.25, 0.3) is 0 Å². The lowest BCUT2D eigenvalue weighted by Crippen LogP contribution is -2.12. The summed E-state index contributed by atoms with van der Waals surface area (Å²) >= 11 is 11.5. The highest BCUT2D eigenvalue weighted by atomic mass is 35.5. The fraction of sp³-hybridized carbons (Fsp3) is 0.300. The number of rotatable bonds is 4. The normalized spacial score (nSPS) is 11.4. The third-order valence-corrected chi connectivity index (χ3v) is 2.42. The van der Waals surface area contributed by atoms with Crippen molar-refractivity contribution in [1.29, 1.82) is 0 Å². The Morgan fingerprint density at radius 3 is 2.44 bits per heavy atom. The standard InChI is InChI=1S/C10H12Cl2N2O2/c1-15-8-4-7(14-10(13)5-11)9(16-2)3-6(8)12/h3-4H,5H2,1-2H3,(H2,13,14). The Morgan fingerprint density at radius 1 is 1.31 bits per heavy atom. The molecular weight excluding hydrogens is 251 g/mol. The number of hydrogen-bond donors (Lipinski definition) is 1. The highest BCUT2D eigenvalue weighted by Gasteiger charge is 2.09. The third kappa shape index (κ3) is 2.93. The molecule has 1 aromatic rings. The van der Waals surface area contributed by atoms with E-state index >= 15 is 0 Å². The number of hydrogen-bond acceptors (Lipinski definition) is 3. The Labute approximate surface area is 104 Å². The van der Waals surface area contributed by atoms with Gasteiger partial charge in [-0.05, 0) is 0 Å². The summed E-state index contributed by atoms with van der Waals surface area (Å²) in [6.07, 6.45) is 0. The van der Waals surface area contributed by atoms with Gasteiger partial charge in [-0.3, -0.25) is 0 Å². The molecule has 0 atom stereocenters. The molecule has 4 nitrogen and oxygen atoms in total. The molecule has 0 aliphatic rings. The predicted octanol–water partition coefficient (Wildman–Crippen LogP) is 2.58. The fourth-order valence-electron chi connectivity index (χ4n) is 1.12. The summed E-state index contributed by atoms with van der Waals surface area (Å²) < 4.78 is 10.2. The summed E-state index contributed by atoms with van der Waals surface area (Å²) in [4.78, 5) is 4.10. The van der Waals surface area contributed by atoms with E-state index in [2.05, 4.69) is 4.99 Å². The van der Waals surface area contributed by atoms with Gasteiger partial charge in [0.05, 0.1) is 25.1 Å². The van der Waals surface area contributed by atoms with Crippen molar-refractivity contribution in [2.24, 2.45) is 10.7 Å². The Kier molecular flexibility index (Phi) is 4.71. The molecular formula is C10H12Cl2N2O2. The SMILES string of the molecule is COc1cc(N=C(N)CCl)c(OC)cc1Cl. The number of amidine groups is 1. The van der Waals surface area contributed by atoms with E-state index in [-0.39, 0.29) is 5.88 Å². The Balaban J connectivity index is 3.25. The van der Waals surface area contributed by atoms with Crippen LogP contribution in [-0.2, 0) is 0 Å². The van der Waals surface area contributed by atoms with E-state index in [1.54, 1.807) is 12.1 Å². The number of nitrogens with zero attached hydrogens (tertiary/aromatic N) is 1. The highest BCUT2D eigenvalue weighted by molar-refractivity contribution is 6.32. The molecule has 0 fully saturated rings. The molecule has 16 heavy (non-hydrogen) atoms. The zero-order valence-electron chi connectivity index (χ0n) is 8.96. The first kappa shape index (κ1) is 12.9. The van der Waals surface area contributed by atoms with Gasteiger partial charge in [-0.15, -0.1) is 11.6 Å². The first-order chi connectivity index (χ1) is 7.62. The topological polar surface area (TPSA) is 56.8 Å². The zero-order chi connectivity index (χ0) is 12.1. The lowest BCUT2D eigenvalue weighted by atomic mass is 10.2. The van der Waals surface area contributed by atoms with E-state index in [1.807, 2.05) is 0 Å². The molecule has 1 rings (SSSR count). The van der Waals surface area contributed by atoms with Gasteiger partial charge in [0.25, 0.3) is 0 Å². The van der Waals surface area contributed by atoms with Crippen molar-refractivity contribution in [3.63, 3.8) is 0 Å². The summed E-state index contributed by atoms with van der Waals surface area (Å²) in [5, 5.41) is 0.447. The largest absolute Gasteiger partial charge is 0.495 e. The van der Waals surface area contributed by atoms with Crippen molar-refractivity contribution >= 4 is 34.7 Å². The molecule has 2 N–H and O–H groups in total. The van der Waals surface area contributed by atoms with Crippen molar-refractivity contribution in [1.82, 2.24) is 0 Å². The van der Waals surface area contributed by atoms with E-state index in [9.17, 15) is 0 Å². The fourth-order valence-corrected chi connectivity index (χ4v) is 1.41. The van der Waals surface area contributed by atoms with E-state index < -0.39 is 0 Å². The molecule has 0 aliphatic heterocycles. The maximum Gasteiger partial charge on any atom is 0.146 e. The molecule has 88 valence electrons. The summed E-state index contributed by atoms with van der Waals surface area (Å²) in [7, 11) is 3.04. The van der Waals surface area contributed by atoms with Gasteiger partial charge < -0.3 is 15.2 Å². The predicted molar refractivity (Wildman–Crippen MR) is 66.6 cm³/mol. The van der Waals surface area contributed by atoms with Crippen molar-refractivity contribution in [2.45, 2.75) is 0 Å². The van der Waals surface area contributed by atoms with Gasteiger partial charge in [0.2, 0.25) is 0 Å². The van der Waals surface area contributed by atoms with Crippen LogP contribution in [0.1, 0.15) is 0 Å². The molecule has 0 unspecified atom stereocenters.